The highest BCUT2D eigenvalue weighted by molar-refractivity contribution is 5.95. The zero-order chi connectivity index (χ0) is 14.7. The Bertz CT molecular complexity index is 655. The first-order valence-corrected chi connectivity index (χ1v) is 5.69. The summed E-state index contributed by atoms with van der Waals surface area (Å²) >= 11 is 0. The second kappa shape index (κ2) is 5.47. The maximum absolute atomic E-state index is 13.9. The van der Waals surface area contributed by atoms with Gasteiger partial charge in [0, 0.05) is 30.4 Å². The van der Waals surface area contributed by atoms with Crippen LogP contribution in [0.25, 0.3) is 0 Å². The van der Waals surface area contributed by atoms with Gasteiger partial charge in [-0.15, -0.1) is 0 Å². The molecule has 0 spiro atoms. The molecule has 2 N–H and O–H groups in total. The van der Waals surface area contributed by atoms with Crippen LogP contribution in [-0.2, 0) is 6.54 Å². The lowest BCUT2D eigenvalue weighted by Gasteiger charge is -2.06. The fourth-order valence-electron chi connectivity index (χ4n) is 1.67. The summed E-state index contributed by atoms with van der Waals surface area (Å²) in [5.41, 5.74) is 0.0890. The van der Waals surface area contributed by atoms with Gasteiger partial charge in [0.05, 0.1) is 16.7 Å². The van der Waals surface area contributed by atoms with Crippen LogP contribution in [0.2, 0.25) is 0 Å². The van der Waals surface area contributed by atoms with Crippen LogP contribution in [0, 0.1) is 22.9 Å². The third-order valence-electron chi connectivity index (χ3n) is 2.70. The second-order valence-corrected chi connectivity index (χ2v) is 4.17. The normalized spacial score (nSPS) is 10.3. The van der Waals surface area contributed by atoms with Crippen molar-refractivity contribution < 1.29 is 14.1 Å². The van der Waals surface area contributed by atoms with E-state index in [2.05, 4.69) is 15.5 Å². The summed E-state index contributed by atoms with van der Waals surface area (Å²) in [5.74, 6) is -1.48. The van der Waals surface area contributed by atoms with Gasteiger partial charge in [-0.2, -0.15) is 5.10 Å². The number of nitrogens with zero attached hydrogens (tertiary/aromatic N) is 2. The molecule has 8 heteroatoms. The van der Waals surface area contributed by atoms with Gasteiger partial charge >= 0.3 is 0 Å². The van der Waals surface area contributed by atoms with Crippen LogP contribution in [0.15, 0.2) is 24.5 Å². The van der Waals surface area contributed by atoms with Gasteiger partial charge < -0.3 is 5.32 Å². The Kier molecular flexibility index (Phi) is 3.74. The Morgan fingerprint density at radius 2 is 2.30 bits per heavy atom. The molecule has 0 unspecified atom stereocenters. The molecule has 2 rings (SSSR count). The van der Waals surface area contributed by atoms with Gasteiger partial charge in [0.1, 0.15) is 5.82 Å². The number of aromatic nitrogens is 2. The van der Waals surface area contributed by atoms with Crippen molar-refractivity contribution in [3.63, 3.8) is 0 Å². The Morgan fingerprint density at radius 3 is 2.90 bits per heavy atom. The van der Waals surface area contributed by atoms with E-state index in [-0.39, 0.29) is 23.4 Å². The molecule has 0 bridgehead atoms. The van der Waals surface area contributed by atoms with E-state index in [0.717, 1.165) is 12.1 Å². The third kappa shape index (κ3) is 2.79. The lowest BCUT2D eigenvalue weighted by atomic mass is 10.1. The third-order valence-corrected chi connectivity index (χ3v) is 2.70. The number of H-pyrrole nitrogens is 1. The average molecular weight is 278 g/mol. The van der Waals surface area contributed by atoms with E-state index in [0.29, 0.717) is 5.56 Å². The number of non-ortho nitro benzene ring substituents is 1. The van der Waals surface area contributed by atoms with Crippen LogP contribution in [0.1, 0.15) is 21.5 Å². The van der Waals surface area contributed by atoms with Gasteiger partial charge in [-0.25, -0.2) is 4.39 Å². The molecule has 0 aliphatic carbocycles. The van der Waals surface area contributed by atoms with Crippen LogP contribution in [0.3, 0.4) is 0 Å². The number of amides is 1. The van der Waals surface area contributed by atoms with Gasteiger partial charge in [0.15, 0.2) is 0 Å². The van der Waals surface area contributed by atoms with Crippen molar-refractivity contribution in [1.82, 2.24) is 15.5 Å². The molecular weight excluding hydrogens is 267 g/mol. The van der Waals surface area contributed by atoms with Gasteiger partial charge in [-0.1, -0.05) is 0 Å². The maximum atomic E-state index is 13.9. The molecule has 0 saturated heterocycles. The largest absolute Gasteiger partial charge is 0.348 e. The molecule has 1 aromatic carbocycles. The van der Waals surface area contributed by atoms with Crippen molar-refractivity contribution in [3.05, 3.63) is 57.1 Å². The highest BCUT2D eigenvalue weighted by atomic mass is 19.1. The molecule has 0 atom stereocenters. The number of nitrogens with one attached hydrogen (secondary N) is 2. The highest BCUT2D eigenvalue weighted by Gasteiger charge is 2.19. The lowest BCUT2D eigenvalue weighted by Crippen LogP contribution is -2.24. The molecule has 1 heterocycles. The first-order valence-electron chi connectivity index (χ1n) is 5.69. The molecule has 2 aromatic rings. The maximum Gasteiger partial charge on any atom is 0.270 e. The Balaban J connectivity index is 2.22. The summed E-state index contributed by atoms with van der Waals surface area (Å²) in [4.78, 5) is 21.9. The van der Waals surface area contributed by atoms with Crippen LogP contribution < -0.4 is 5.32 Å². The molecule has 0 saturated carbocycles. The minimum atomic E-state index is -0.764. The van der Waals surface area contributed by atoms with Crippen molar-refractivity contribution >= 4 is 11.6 Å². The molecule has 0 aliphatic rings. The summed E-state index contributed by atoms with van der Waals surface area (Å²) in [6.07, 6.45) is 3.09. The van der Waals surface area contributed by atoms with Gasteiger partial charge in [-0.05, 0) is 12.5 Å². The quantitative estimate of drug-likeness (QED) is 0.656. The molecule has 1 aromatic heterocycles. The van der Waals surface area contributed by atoms with Crippen LogP contribution in [0.4, 0.5) is 10.1 Å². The van der Waals surface area contributed by atoms with E-state index in [4.69, 9.17) is 0 Å². The number of halogens is 1. The molecule has 0 fully saturated rings. The fraction of sp³-hybridized carbons (Fsp3) is 0.167. The van der Waals surface area contributed by atoms with Crippen molar-refractivity contribution in [2.45, 2.75) is 13.5 Å². The Morgan fingerprint density at radius 1 is 1.55 bits per heavy atom. The van der Waals surface area contributed by atoms with Gasteiger partial charge in [0.25, 0.3) is 11.6 Å². The van der Waals surface area contributed by atoms with Crippen molar-refractivity contribution in [3.8, 4) is 0 Å². The summed E-state index contributed by atoms with van der Waals surface area (Å²) in [5, 5.41) is 19.5. The predicted octanol–water partition coefficient (Wildman–Crippen LogP) is 1.70. The van der Waals surface area contributed by atoms with Crippen LogP contribution in [-0.4, -0.2) is 21.0 Å². The molecule has 7 nitrogen and oxygen atoms in total. The van der Waals surface area contributed by atoms with Crippen LogP contribution in [0.5, 0.6) is 0 Å². The number of nitro groups is 1. The Labute approximate surface area is 113 Å². The number of carbonyl (C=O) groups is 1. The van der Waals surface area contributed by atoms with Crippen molar-refractivity contribution in [2.24, 2.45) is 0 Å². The average Bonchev–Trinajstić information content (AvgIpc) is 2.92. The first-order chi connectivity index (χ1) is 9.49. The van der Waals surface area contributed by atoms with E-state index in [9.17, 15) is 19.3 Å². The zero-order valence-electron chi connectivity index (χ0n) is 10.5. The number of aromatic amines is 1. The molecule has 20 heavy (non-hydrogen) atoms. The molecular formula is C12H11FN4O3. The molecule has 104 valence electrons. The number of aryl methyl sites for hydroxylation is 1. The molecule has 0 aliphatic heterocycles. The summed E-state index contributed by atoms with van der Waals surface area (Å²) in [7, 11) is 0. The van der Waals surface area contributed by atoms with E-state index in [1.54, 1.807) is 6.20 Å². The second-order valence-electron chi connectivity index (χ2n) is 4.17. The number of hydrogen-bond donors (Lipinski definition) is 2. The van der Waals surface area contributed by atoms with E-state index in [1.165, 1.54) is 13.1 Å². The van der Waals surface area contributed by atoms with E-state index < -0.39 is 16.6 Å². The number of hydrogen-bond acceptors (Lipinski definition) is 4. The zero-order valence-corrected chi connectivity index (χ0v) is 10.5. The topological polar surface area (TPSA) is 101 Å². The SMILES string of the molecule is Cc1cc([N+](=O)[O-])cc(C(=O)NCc2cn[nH]c2)c1F. The lowest BCUT2D eigenvalue weighted by molar-refractivity contribution is -0.385. The standard InChI is InChI=1S/C12H11FN4O3/c1-7-2-9(17(19)20)3-10(11(7)13)12(18)14-4-8-5-15-16-6-8/h2-3,5-6H,4H2,1H3,(H,14,18)(H,15,16). The highest BCUT2D eigenvalue weighted by Crippen LogP contribution is 2.21. The van der Waals surface area contributed by atoms with Gasteiger partial charge in [0.2, 0.25) is 0 Å². The minimum Gasteiger partial charge on any atom is -0.348 e. The van der Waals surface area contributed by atoms with Crippen molar-refractivity contribution in [1.29, 1.82) is 0 Å². The Hall–Kier alpha value is -2.77. The van der Waals surface area contributed by atoms with Crippen LogP contribution >= 0.6 is 0 Å². The van der Waals surface area contributed by atoms with Crippen molar-refractivity contribution in [2.75, 3.05) is 0 Å². The van der Waals surface area contributed by atoms with E-state index >= 15 is 0 Å². The number of benzene rings is 1. The number of rotatable bonds is 4. The molecule has 1 amide bonds. The number of nitro benzene ring substituents is 1. The summed E-state index contributed by atoms with van der Waals surface area (Å²) in [6, 6.07) is 2.01. The summed E-state index contributed by atoms with van der Waals surface area (Å²) in [6.45, 7) is 1.52. The smallest absolute Gasteiger partial charge is 0.270 e. The molecule has 0 radical (unpaired) electrons. The monoisotopic (exact) mass is 278 g/mol. The fourth-order valence-corrected chi connectivity index (χ4v) is 1.67. The summed E-state index contributed by atoms with van der Waals surface area (Å²) < 4.78 is 13.9. The van der Waals surface area contributed by atoms with E-state index in [1.807, 2.05) is 0 Å². The minimum absolute atomic E-state index is 0.0488. The predicted molar refractivity (Wildman–Crippen MR) is 67.5 cm³/mol. The van der Waals surface area contributed by atoms with Gasteiger partial charge in [-0.3, -0.25) is 20.0 Å². The first kappa shape index (κ1) is 13.7. The number of carbonyl (C=O) groups excluding carboxylic acids is 1.